The number of morpholine rings is 1. The number of likely N-dealkylation sites (N-methyl/N-ethyl adjacent to an activating group) is 1. The molecule has 1 heterocycles. The van der Waals surface area contributed by atoms with Gasteiger partial charge in [-0.25, -0.2) is 0 Å². The predicted octanol–water partition coefficient (Wildman–Crippen LogP) is 0.686. The summed E-state index contributed by atoms with van der Waals surface area (Å²) in [5, 5.41) is 0. The number of carbonyl (C=O) groups is 1. The fourth-order valence-electron chi connectivity index (χ4n) is 1.38. The molecule has 3 nitrogen and oxygen atoms in total. The third kappa shape index (κ3) is 2.57. The molecule has 0 aromatic carbocycles. The average Bonchev–Trinajstić information content (AvgIpc) is 2.05. The highest BCUT2D eigenvalue weighted by molar-refractivity contribution is 5.83. The van der Waals surface area contributed by atoms with Gasteiger partial charge < -0.3 is 9.64 Å². The number of hydrogen-bond acceptors (Lipinski definition) is 3. The predicted molar refractivity (Wildman–Crippen MR) is 47.2 cm³/mol. The Hall–Kier alpha value is -0.410. The van der Waals surface area contributed by atoms with Crippen molar-refractivity contribution in [1.82, 2.24) is 4.90 Å². The van der Waals surface area contributed by atoms with Crippen LogP contribution in [0.5, 0.6) is 0 Å². The van der Waals surface area contributed by atoms with Crippen molar-refractivity contribution < 1.29 is 9.53 Å². The molecule has 0 radical (unpaired) electrons. The first-order chi connectivity index (χ1) is 5.74. The van der Waals surface area contributed by atoms with Crippen molar-refractivity contribution in [3.8, 4) is 0 Å². The number of ether oxygens (including phenoxy) is 1. The van der Waals surface area contributed by atoms with Gasteiger partial charge >= 0.3 is 0 Å². The Bertz CT molecular complexity index is 159. The lowest BCUT2D eigenvalue weighted by Crippen LogP contribution is -2.44. The molecule has 1 aliphatic heterocycles. The van der Waals surface area contributed by atoms with E-state index >= 15 is 0 Å². The van der Waals surface area contributed by atoms with E-state index in [2.05, 4.69) is 4.90 Å². The van der Waals surface area contributed by atoms with Gasteiger partial charge in [-0.2, -0.15) is 0 Å². The second kappa shape index (κ2) is 4.58. The van der Waals surface area contributed by atoms with Crippen molar-refractivity contribution in [2.45, 2.75) is 25.9 Å². The molecule has 0 spiro atoms. The molecular formula is C9H17NO2. The Labute approximate surface area is 73.7 Å². The molecule has 1 rings (SSSR count). The third-order valence-electron chi connectivity index (χ3n) is 2.13. The Morgan fingerprint density at radius 2 is 2.42 bits per heavy atom. The van der Waals surface area contributed by atoms with Crippen molar-refractivity contribution in [2.75, 3.05) is 26.7 Å². The van der Waals surface area contributed by atoms with Crippen molar-refractivity contribution in [2.24, 2.45) is 0 Å². The molecular weight excluding hydrogens is 154 g/mol. The van der Waals surface area contributed by atoms with Crippen LogP contribution in [0.3, 0.4) is 0 Å². The molecule has 0 aromatic heterocycles. The number of nitrogens with zero attached hydrogens (tertiary/aromatic N) is 1. The molecule has 1 unspecified atom stereocenters. The van der Waals surface area contributed by atoms with Crippen LogP contribution >= 0.6 is 0 Å². The van der Waals surface area contributed by atoms with Gasteiger partial charge in [0, 0.05) is 19.5 Å². The summed E-state index contributed by atoms with van der Waals surface area (Å²) < 4.78 is 5.37. The molecule has 3 heteroatoms. The van der Waals surface area contributed by atoms with Gasteiger partial charge in [-0.15, -0.1) is 0 Å². The molecule has 12 heavy (non-hydrogen) atoms. The van der Waals surface area contributed by atoms with Gasteiger partial charge in [0.05, 0.1) is 6.61 Å². The minimum atomic E-state index is -0.163. The van der Waals surface area contributed by atoms with Gasteiger partial charge in [-0.05, 0) is 13.5 Å². The van der Waals surface area contributed by atoms with E-state index in [9.17, 15) is 4.79 Å². The van der Waals surface area contributed by atoms with E-state index in [-0.39, 0.29) is 11.9 Å². The molecule has 0 saturated carbocycles. The van der Waals surface area contributed by atoms with Crippen LogP contribution in [0.1, 0.15) is 19.8 Å². The summed E-state index contributed by atoms with van der Waals surface area (Å²) in [5.74, 6) is 0.254. The Balaban J connectivity index is 2.35. The SMILES string of the molecule is CCCC(=O)C1CN(C)CCO1. The highest BCUT2D eigenvalue weighted by Gasteiger charge is 2.23. The summed E-state index contributed by atoms with van der Waals surface area (Å²) in [6, 6.07) is 0. The van der Waals surface area contributed by atoms with Gasteiger partial charge in [-0.3, -0.25) is 4.79 Å². The van der Waals surface area contributed by atoms with Gasteiger partial charge in [0.15, 0.2) is 5.78 Å². The lowest BCUT2D eigenvalue weighted by molar-refractivity contribution is -0.135. The molecule has 1 fully saturated rings. The summed E-state index contributed by atoms with van der Waals surface area (Å²) in [6.45, 7) is 4.41. The normalized spacial score (nSPS) is 25.7. The lowest BCUT2D eigenvalue weighted by Gasteiger charge is -2.28. The number of rotatable bonds is 3. The summed E-state index contributed by atoms with van der Waals surface area (Å²) in [4.78, 5) is 13.5. The maximum absolute atomic E-state index is 11.4. The Morgan fingerprint density at radius 1 is 1.67 bits per heavy atom. The molecule has 0 N–H and O–H groups in total. The quantitative estimate of drug-likeness (QED) is 0.625. The largest absolute Gasteiger partial charge is 0.368 e. The summed E-state index contributed by atoms with van der Waals surface area (Å²) >= 11 is 0. The fraction of sp³-hybridized carbons (Fsp3) is 0.889. The first kappa shape index (κ1) is 9.68. The molecule has 70 valence electrons. The van der Waals surface area contributed by atoms with Crippen LogP contribution in [0.25, 0.3) is 0 Å². The second-order valence-electron chi connectivity index (χ2n) is 3.34. The Morgan fingerprint density at radius 3 is 3.00 bits per heavy atom. The zero-order valence-electron chi connectivity index (χ0n) is 7.88. The van der Waals surface area contributed by atoms with E-state index in [1.807, 2.05) is 14.0 Å². The van der Waals surface area contributed by atoms with Crippen LogP contribution in [0.2, 0.25) is 0 Å². The fourth-order valence-corrected chi connectivity index (χ4v) is 1.38. The first-order valence-corrected chi connectivity index (χ1v) is 4.57. The van der Waals surface area contributed by atoms with Gasteiger partial charge in [-0.1, -0.05) is 6.92 Å². The molecule has 0 bridgehead atoms. The van der Waals surface area contributed by atoms with E-state index < -0.39 is 0 Å². The topological polar surface area (TPSA) is 29.5 Å². The lowest BCUT2D eigenvalue weighted by atomic mass is 10.1. The molecule has 0 aliphatic carbocycles. The second-order valence-corrected chi connectivity index (χ2v) is 3.34. The van der Waals surface area contributed by atoms with E-state index in [1.54, 1.807) is 0 Å². The highest BCUT2D eigenvalue weighted by atomic mass is 16.5. The van der Waals surface area contributed by atoms with Crippen molar-refractivity contribution in [1.29, 1.82) is 0 Å². The minimum absolute atomic E-state index is 0.163. The third-order valence-corrected chi connectivity index (χ3v) is 2.13. The number of carbonyl (C=O) groups excluding carboxylic acids is 1. The standard InChI is InChI=1S/C9H17NO2/c1-3-4-8(11)9-7-10(2)5-6-12-9/h9H,3-7H2,1-2H3. The molecule has 1 saturated heterocycles. The van der Waals surface area contributed by atoms with Crippen LogP contribution in [0.15, 0.2) is 0 Å². The van der Waals surface area contributed by atoms with Gasteiger partial charge in [0.25, 0.3) is 0 Å². The van der Waals surface area contributed by atoms with E-state index in [4.69, 9.17) is 4.74 Å². The minimum Gasteiger partial charge on any atom is -0.368 e. The molecule has 1 atom stereocenters. The van der Waals surface area contributed by atoms with E-state index in [1.165, 1.54) is 0 Å². The van der Waals surface area contributed by atoms with Crippen molar-refractivity contribution >= 4 is 5.78 Å². The van der Waals surface area contributed by atoms with Crippen LogP contribution < -0.4 is 0 Å². The molecule has 1 aliphatic rings. The monoisotopic (exact) mass is 171 g/mol. The van der Waals surface area contributed by atoms with Crippen LogP contribution in [-0.4, -0.2) is 43.5 Å². The number of hydrogen-bond donors (Lipinski definition) is 0. The maximum atomic E-state index is 11.4. The van der Waals surface area contributed by atoms with Crippen LogP contribution in [-0.2, 0) is 9.53 Å². The Kier molecular flexibility index (Phi) is 3.69. The van der Waals surface area contributed by atoms with Crippen LogP contribution in [0.4, 0.5) is 0 Å². The van der Waals surface area contributed by atoms with Crippen LogP contribution in [0, 0.1) is 0 Å². The summed E-state index contributed by atoms with van der Waals surface area (Å²) in [7, 11) is 2.02. The summed E-state index contributed by atoms with van der Waals surface area (Å²) in [5.41, 5.74) is 0. The van der Waals surface area contributed by atoms with Crippen molar-refractivity contribution in [3.05, 3.63) is 0 Å². The van der Waals surface area contributed by atoms with E-state index in [0.717, 1.165) is 19.5 Å². The first-order valence-electron chi connectivity index (χ1n) is 4.57. The maximum Gasteiger partial charge on any atom is 0.162 e. The molecule has 0 amide bonds. The smallest absolute Gasteiger partial charge is 0.162 e. The van der Waals surface area contributed by atoms with Gasteiger partial charge in [0.2, 0.25) is 0 Å². The van der Waals surface area contributed by atoms with Crippen molar-refractivity contribution in [3.63, 3.8) is 0 Å². The number of ketones is 1. The zero-order chi connectivity index (χ0) is 8.97. The number of Topliss-reactive ketones (excluding diaryl/α,β-unsaturated/α-hetero) is 1. The van der Waals surface area contributed by atoms with E-state index in [0.29, 0.717) is 13.0 Å². The summed E-state index contributed by atoms with van der Waals surface area (Å²) in [6.07, 6.45) is 1.41. The highest BCUT2D eigenvalue weighted by Crippen LogP contribution is 2.06. The van der Waals surface area contributed by atoms with Gasteiger partial charge in [0.1, 0.15) is 6.10 Å². The molecule has 0 aromatic rings. The zero-order valence-corrected chi connectivity index (χ0v) is 7.88. The average molecular weight is 171 g/mol.